The molecule has 3 fully saturated rings. The molecule has 1 atom stereocenters. The third-order valence-electron chi connectivity index (χ3n) is 7.80. The van der Waals surface area contributed by atoms with Crippen LogP contribution in [0.3, 0.4) is 0 Å². The SMILES string of the molecule is Cc1nn(-c2ccccc2)c2nc(C3CCN(C(=O)[C@@H]4CC45CCC5)CC3)ccc12. The highest BCUT2D eigenvalue weighted by molar-refractivity contribution is 5.83. The largest absolute Gasteiger partial charge is 0.342 e. The molecule has 0 bridgehead atoms. The summed E-state index contributed by atoms with van der Waals surface area (Å²) in [5.74, 6) is 1.17. The standard InChI is InChI=1S/C25H28N4O/c1-17-20-8-9-22(26-23(20)29(27-17)19-6-3-2-4-7-19)18-10-14-28(15-11-18)24(30)21-16-25(21)12-5-13-25/h2-4,6-9,18,21H,5,10-16H2,1H3/t21-/m0/s1. The number of benzene rings is 1. The van der Waals surface area contributed by atoms with Gasteiger partial charge in [-0.05, 0) is 68.7 Å². The summed E-state index contributed by atoms with van der Waals surface area (Å²) in [7, 11) is 0. The van der Waals surface area contributed by atoms with E-state index in [1.54, 1.807) is 0 Å². The molecule has 0 N–H and O–H groups in total. The fraction of sp³-hybridized carbons (Fsp3) is 0.480. The van der Waals surface area contributed by atoms with E-state index in [9.17, 15) is 4.79 Å². The van der Waals surface area contributed by atoms with Crippen molar-refractivity contribution in [2.45, 2.75) is 51.4 Å². The second-order valence-electron chi connectivity index (χ2n) is 9.51. The minimum absolute atomic E-state index is 0.334. The minimum Gasteiger partial charge on any atom is -0.342 e. The second kappa shape index (κ2) is 6.66. The molecule has 1 aromatic carbocycles. The van der Waals surface area contributed by atoms with Crippen molar-refractivity contribution in [3.8, 4) is 5.69 Å². The topological polar surface area (TPSA) is 51.0 Å². The number of rotatable bonds is 3. The van der Waals surface area contributed by atoms with Gasteiger partial charge in [0, 0.05) is 36.0 Å². The zero-order chi connectivity index (χ0) is 20.3. The molecule has 154 valence electrons. The van der Waals surface area contributed by atoms with Gasteiger partial charge < -0.3 is 4.90 Å². The smallest absolute Gasteiger partial charge is 0.226 e. The Balaban J connectivity index is 1.21. The summed E-state index contributed by atoms with van der Waals surface area (Å²) in [5, 5.41) is 5.84. The number of amides is 1. The number of aromatic nitrogens is 3. The number of carbonyl (C=O) groups excluding carboxylic acids is 1. The van der Waals surface area contributed by atoms with Gasteiger partial charge >= 0.3 is 0 Å². The summed E-state index contributed by atoms with van der Waals surface area (Å²) in [5.41, 5.74) is 4.53. The maximum absolute atomic E-state index is 12.9. The van der Waals surface area contributed by atoms with Crippen LogP contribution in [0.1, 0.15) is 55.8 Å². The Hall–Kier alpha value is -2.69. The molecule has 1 amide bonds. The maximum Gasteiger partial charge on any atom is 0.226 e. The molecule has 5 heteroatoms. The molecule has 3 heterocycles. The Kier molecular flexibility index (Phi) is 4.02. The zero-order valence-corrected chi connectivity index (χ0v) is 17.6. The first-order chi connectivity index (χ1) is 14.6. The van der Waals surface area contributed by atoms with E-state index in [2.05, 4.69) is 29.2 Å². The van der Waals surface area contributed by atoms with Crippen LogP contribution in [0.2, 0.25) is 0 Å². The van der Waals surface area contributed by atoms with Crippen LogP contribution >= 0.6 is 0 Å². The molecule has 3 aromatic rings. The lowest BCUT2D eigenvalue weighted by Gasteiger charge is -2.34. The molecule has 2 aromatic heterocycles. The highest BCUT2D eigenvalue weighted by Crippen LogP contribution is 2.66. The number of likely N-dealkylation sites (tertiary alicyclic amines) is 1. The number of hydrogen-bond acceptors (Lipinski definition) is 3. The summed E-state index contributed by atoms with van der Waals surface area (Å²) in [6, 6.07) is 14.5. The molecular weight excluding hydrogens is 372 g/mol. The molecular formula is C25H28N4O. The maximum atomic E-state index is 12.9. The van der Waals surface area contributed by atoms with Gasteiger partial charge in [0.1, 0.15) is 0 Å². The summed E-state index contributed by atoms with van der Waals surface area (Å²) in [4.78, 5) is 20.1. The number of nitrogens with zero attached hydrogens (tertiary/aromatic N) is 4. The predicted octanol–water partition coefficient (Wildman–Crippen LogP) is 4.63. The lowest BCUT2D eigenvalue weighted by atomic mass is 9.79. The summed E-state index contributed by atoms with van der Waals surface area (Å²) in [6.45, 7) is 3.78. The molecule has 30 heavy (non-hydrogen) atoms. The molecule has 5 nitrogen and oxygen atoms in total. The Bertz CT molecular complexity index is 1110. The Morgan fingerprint density at radius 1 is 1.07 bits per heavy atom. The van der Waals surface area contributed by atoms with Crippen molar-refractivity contribution in [3.05, 3.63) is 53.9 Å². The van der Waals surface area contributed by atoms with E-state index in [4.69, 9.17) is 10.1 Å². The van der Waals surface area contributed by atoms with Gasteiger partial charge in [-0.15, -0.1) is 0 Å². The van der Waals surface area contributed by atoms with E-state index in [1.807, 2.05) is 29.8 Å². The number of pyridine rings is 1. The Morgan fingerprint density at radius 3 is 2.50 bits per heavy atom. The number of aryl methyl sites for hydroxylation is 1. The predicted molar refractivity (Wildman–Crippen MR) is 117 cm³/mol. The van der Waals surface area contributed by atoms with Gasteiger partial charge in [-0.2, -0.15) is 5.10 Å². The van der Waals surface area contributed by atoms with Crippen LogP contribution in [0, 0.1) is 18.3 Å². The van der Waals surface area contributed by atoms with Gasteiger partial charge in [-0.1, -0.05) is 24.6 Å². The molecule has 1 spiro atoms. The number of piperidine rings is 1. The molecule has 2 aliphatic carbocycles. The van der Waals surface area contributed by atoms with E-state index < -0.39 is 0 Å². The van der Waals surface area contributed by atoms with Crippen LogP contribution < -0.4 is 0 Å². The number of carbonyl (C=O) groups is 1. The highest BCUT2D eigenvalue weighted by atomic mass is 16.2. The third-order valence-corrected chi connectivity index (χ3v) is 7.80. The van der Waals surface area contributed by atoms with Gasteiger partial charge in [0.25, 0.3) is 0 Å². The van der Waals surface area contributed by atoms with Crippen LogP contribution in [-0.2, 0) is 4.79 Å². The van der Waals surface area contributed by atoms with Crippen molar-refractivity contribution in [1.82, 2.24) is 19.7 Å². The average Bonchev–Trinajstić information content (AvgIpc) is 3.46. The monoisotopic (exact) mass is 400 g/mol. The highest BCUT2D eigenvalue weighted by Gasteiger charge is 2.61. The normalized spacial score (nSPS) is 23.0. The molecule has 0 unspecified atom stereocenters. The van der Waals surface area contributed by atoms with Crippen LogP contribution in [0.25, 0.3) is 16.7 Å². The van der Waals surface area contributed by atoms with Gasteiger partial charge in [-0.25, -0.2) is 9.67 Å². The van der Waals surface area contributed by atoms with Crippen molar-refractivity contribution in [2.24, 2.45) is 11.3 Å². The van der Waals surface area contributed by atoms with Crippen molar-refractivity contribution >= 4 is 16.9 Å². The van der Waals surface area contributed by atoms with E-state index in [0.717, 1.165) is 60.5 Å². The fourth-order valence-corrected chi connectivity index (χ4v) is 5.63. The zero-order valence-electron chi connectivity index (χ0n) is 17.6. The van der Waals surface area contributed by atoms with Crippen molar-refractivity contribution in [2.75, 3.05) is 13.1 Å². The third kappa shape index (κ3) is 2.78. The Morgan fingerprint density at radius 2 is 1.83 bits per heavy atom. The van der Waals surface area contributed by atoms with Crippen LogP contribution in [0.5, 0.6) is 0 Å². The number of fused-ring (bicyclic) bond motifs is 1. The summed E-state index contributed by atoms with van der Waals surface area (Å²) in [6.07, 6.45) is 7.02. The van der Waals surface area contributed by atoms with Crippen LogP contribution in [-0.4, -0.2) is 38.7 Å². The first kappa shape index (κ1) is 18.1. The molecule has 3 aliphatic rings. The molecule has 2 saturated carbocycles. The fourth-order valence-electron chi connectivity index (χ4n) is 5.63. The minimum atomic E-state index is 0.334. The van der Waals surface area contributed by atoms with E-state index in [1.165, 1.54) is 19.3 Å². The molecule has 1 saturated heterocycles. The first-order valence-corrected chi connectivity index (χ1v) is 11.4. The number of para-hydroxylation sites is 1. The average molecular weight is 401 g/mol. The molecule has 1 aliphatic heterocycles. The van der Waals surface area contributed by atoms with Gasteiger partial charge in [0.05, 0.1) is 11.4 Å². The quantitative estimate of drug-likeness (QED) is 0.644. The lowest BCUT2D eigenvalue weighted by Crippen LogP contribution is -2.40. The Labute approximate surface area is 177 Å². The van der Waals surface area contributed by atoms with E-state index >= 15 is 0 Å². The van der Waals surface area contributed by atoms with Crippen LogP contribution in [0.4, 0.5) is 0 Å². The van der Waals surface area contributed by atoms with E-state index in [-0.39, 0.29) is 0 Å². The first-order valence-electron chi connectivity index (χ1n) is 11.4. The van der Waals surface area contributed by atoms with Gasteiger partial charge in [0.15, 0.2) is 5.65 Å². The molecule has 6 rings (SSSR count). The summed E-state index contributed by atoms with van der Waals surface area (Å²) < 4.78 is 1.96. The van der Waals surface area contributed by atoms with E-state index in [0.29, 0.717) is 23.2 Å². The summed E-state index contributed by atoms with van der Waals surface area (Å²) >= 11 is 0. The lowest BCUT2D eigenvalue weighted by molar-refractivity contribution is -0.135. The van der Waals surface area contributed by atoms with Crippen molar-refractivity contribution in [1.29, 1.82) is 0 Å². The van der Waals surface area contributed by atoms with Crippen LogP contribution in [0.15, 0.2) is 42.5 Å². The van der Waals surface area contributed by atoms with Crippen molar-refractivity contribution in [3.63, 3.8) is 0 Å². The second-order valence-corrected chi connectivity index (χ2v) is 9.51. The molecule has 0 radical (unpaired) electrons. The van der Waals surface area contributed by atoms with Crippen molar-refractivity contribution < 1.29 is 4.79 Å². The van der Waals surface area contributed by atoms with Gasteiger partial charge in [0.2, 0.25) is 5.91 Å². The van der Waals surface area contributed by atoms with Gasteiger partial charge in [-0.3, -0.25) is 4.79 Å². The number of hydrogen-bond donors (Lipinski definition) is 0.